The molecule has 0 unspecified atom stereocenters. The highest BCUT2D eigenvalue weighted by molar-refractivity contribution is 7.89. The maximum absolute atomic E-state index is 12.3. The van der Waals surface area contributed by atoms with Gasteiger partial charge < -0.3 is 0 Å². The molecule has 0 saturated heterocycles. The number of rotatable bonds is 8. The molecule has 1 N–H and O–H groups in total. The Morgan fingerprint density at radius 2 is 1.64 bits per heavy atom. The van der Waals surface area contributed by atoms with E-state index < -0.39 is 20.0 Å². The number of unbranched alkanes of at least 4 members (excludes halogenated alkanes) is 1. The smallest absolute Gasteiger partial charge is 0.208 e. The van der Waals surface area contributed by atoms with Gasteiger partial charge in [0.15, 0.2) is 0 Å². The highest BCUT2D eigenvalue weighted by atomic mass is 32.2. The van der Waals surface area contributed by atoms with Gasteiger partial charge in [-0.1, -0.05) is 13.3 Å². The molecule has 0 bridgehead atoms. The zero-order valence-corrected chi connectivity index (χ0v) is 14.5. The molecule has 0 aliphatic heterocycles. The SMILES string of the molecule is CCCCN(C)S(=O)(=O)c1ccc(S(=O)(=O)NC2CC2)cc1. The summed E-state index contributed by atoms with van der Waals surface area (Å²) in [5, 5.41) is 0. The van der Waals surface area contributed by atoms with Gasteiger partial charge in [-0.25, -0.2) is 25.9 Å². The molecule has 1 saturated carbocycles. The van der Waals surface area contributed by atoms with E-state index in [1.165, 1.54) is 35.6 Å². The maximum Gasteiger partial charge on any atom is 0.242 e. The summed E-state index contributed by atoms with van der Waals surface area (Å²) < 4.78 is 52.7. The van der Waals surface area contributed by atoms with Crippen LogP contribution in [-0.2, 0) is 20.0 Å². The predicted octanol–water partition coefficient (Wildman–Crippen LogP) is 1.55. The molecule has 8 heteroatoms. The lowest BCUT2D eigenvalue weighted by Crippen LogP contribution is -2.28. The van der Waals surface area contributed by atoms with E-state index in [-0.39, 0.29) is 15.8 Å². The van der Waals surface area contributed by atoms with Crippen molar-refractivity contribution in [2.45, 2.75) is 48.4 Å². The summed E-state index contributed by atoms with van der Waals surface area (Å²) in [4.78, 5) is 0.200. The first-order valence-corrected chi connectivity index (χ1v) is 10.3. The average Bonchev–Trinajstić information content (AvgIpc) is 3.28. The Morgan fingerprint density at radius 1 is 1.09 bits per heavy atom. The minimum Gasteiger partial charge on any atom is -0.208 e. The monoisotopic (exact) mass is 346 g/mol. The summed E-state index contributed by atoms with van der Waals surface area (Å²) in [6.45, 7) is 2.44. The van der Waals surface area contributed by atoms with Crippen LogP contribution in [0.5, 0.6) is 0 Å². The molecule has 1 fully saturated rings. The van der Waals surface area contributed by atoms with Crippen LogP contribution in [0, 0.1) is 0 Å². The van der Waals surface area contributed by atoms with Gasteiger partial charge in [-0.05, 0) is 43.5 Å². The van der Waals surface area contributed by atoms with E-state index in [0.717, 1.165) is 25.7 Å². The second-order valence-corrected chi connectivity index (χ2v) is 9.31. The highest BCUT2D eigenvalue weighted by Gasteiger charge is 2.28. The average molecular weight is 346 g/mol. The topological polar surface area (TPSA) is 83.6 Å². The van der Waals surface area contributed by atoms with Crippen molar-refractivity contribution in [1.29, 1.82) is 0 Å². The summed E-state index contributed by atoms with van der Waals surface area (Å²) in [7, 11) is -5.59. The van der Waals surface area contributed by atoms with Crippen molar-refractivity contribution in [2.24, 2.45) is 0 Å². The van der Waals surface area contributed by atoms with Crippen LogP contribution in [0.3, 0.4) is 0 Å². The van der Waals surface area contributed by atoms with Crippen molar-refractivity contribution in [2.75, 3.05) is 13.6 Å². The van der Waals surface area contributed by atoms with Crippen molar-refractivity contribution in [3.63, 3.8) is 0 Å². The summed E-state index contributed by atoms with van der Waals surface area (Å²) in [5.74, 6) is 0. The van der Waals surface area contributed by atoms with Gasteiger partial charge in [0.05, 0.1) is 9.79 Å². The minimum absolute atomic E-state index is 0.0218. The molecule has 0 radical (unpaired) electrons. The van der Waals surface area contributed by atoms with Gasteiger partial charge in [0.1, 0.15) is 0 Å². The molecule has 6 nitrogen and oxygen atoms in total. The molecule has 0 atom stereocenters. The third-order valence-corrected chi connectivity index (χ3v) is 6.98. The van der Waals surface area contributed by atoms with Gasteiger partial charge in [0, 0.05) is 19.6 Å². The molecule has 0 heterocycles. The van der Waals surface area contributed by atoms with Crippen LogP contribution < -0.4 is 4.72 Å². The van der Waals surface area contributed by atoms with Gasteiger partial charge in [-0.3, -0.25) is 0 Å². The van der Waals surface area contributed by atoms with Crippen LogP contribution in [0.4, 0.5) is 0 Å². The standard InChI is InChI=1S/C14H22N2O4S2/c1-3-4-11-16(2)22(19,20)14-9-7-13(8-10-14)21(17,18)15-12-5-6-12/h7-10,12,15H,3-6,11H2,1-2H3. The largest absolute Gasteiger partial charge is 0.242 e. The Kier molecular flexibility index (Phi) is 5.26. The van der Waals surface area contributed by atoms with Crippen LogP contribution in [0.2, 0.25) is 0 Å². The van der Waals surface area contributed by atoms with E-state index in [0.29, 0.717) is 6.54 Å². The summed E-state index contributed by atoms with van der Waals surface area (Å²) in [6, 6.07) is 5.39. The van der Waals surface area contributed by atoms with Gasteiger partial charge in [-0.2, -0.15) is 0 Å². The Hall–Kier alpha value is -0.960. The van der Waals surface area contributed by atoms with Crippen molar-refractivity contribution < 1.29 is 16.8 Å². The minimum atomic E-state index is -3.57. The van der Waals surface area contributed by atoms with E-state index >= 15 is 0 Å². The molecule has 2 rings (SSSR count). The molecule has 124 valence electrons. The van der Waals surface area contributed by atoms with Gasteiger partial charge >= 0.3 is 0 Å². The third kappa shape index (κ3) is 4.07. The van der Waals surface area contributed by atoms with Crippen LogP contribution in [0.25, 0.3) is 0 Å². The number of hydrogen-bond acceptors (Lipinski definition) is 4. The fraction of sp³-hybridized carbons (Fsp3) is 0.571. The van der Waals surface area contributed by atoms with E-state index in [4.69, 9.17) is 0 Å². The first kappa shape index (κ1) is 17.4. The van der Waals surface area contributed by atoms with E-state index in [1.807, 2.05) is 6.92 Å². The number of hydrogen-bond donors (Lipinski definition) is 1. The van der Waals surface area contributed by atoms with Crippen LogP contribution in [-0.4, -0.2) is 40.8 Å². The number of nitrogens with one attached hydrogen (secondary N) is 1. The lowest BCUT2D eigenvalue weighted by molar-refractivity contribution is 0.459. The quantitative estimate of drug-likeness (QED) is 0.774. The van der Waals surface area contributed by atoms with Crippen molar-refractivity contribution in [3.05, 3.63) is 24.3 Å². The van der Waals surface area contributed by atoms with Gasteiger partial charge in [0.25, 0.3) is 0 Å². The van der Waals surface area contributed by atoms with Gasteiger partial charge in [0.2, 0.25) is 20.0 Å². The van der Waals surface area contributed by atoms with Crippen LogP contribution >= 0.6 is 0 Å². The Labute approximate surface area is 132 Å². The molecule has 0 spiro atoms. The van der Waals surface area contributed by atoms with E-state index in [2.05, 4.69) is 4.72 Å². The molecular weight excluding hydrogens is 324 g/mol. The van der Waals surface area contributed by atoms with Crippen molar-refractivity contribution in [1.82, 2.24) is 9.03 Å². The Morgan fingerprint density at radius 3 is 2.14 bits per heavy atom. The van der Waals surface area contributed by atoms with Crippen LogP contribution in [0.15, 0.2) is 34.1 Å². The molecule has 22 heavy (non-hydrogen) atoms. The van der Waals surface area contributed by atoms with Crippen molar-refractivity contribution in [3.8, 4) is 0 Å². The third-order valence-electron chi connectivity index (χ3n) is 3.57. The molecule has 0 amide bonds. The fourth-order valence-electron chi connectivity index (χ4n) is 1.96. The second-order valence-electron chi connectivity index (χ2n) is 5.55. The first-order chi connectivity index (χ1) is 10.3. The van der Waals surface area contributed by atoms with Gasteiger partial charge in [-0.15, -0.1) is 0 Å². The number of sulfonamides is 2. The summed E-state index contributed by atoms with van der Waals surface area (Å²) >= 11 is 0. The molecule has 1 aliphatic carbocycles. The number of benzene rings is 1. The summed E-state index contributed by atoms with van der Waals surface area (Å²) in [6.07, 6.45) is 3.40. The van der Waals surface area contributed by atoms with Crippen LogP contribution in [0.1, 0.15) is 32.6 Å². The lowest BCUT2D eigenvalue weighted by atomic mass is 10.3. The molecule has 0 aromatic heterocycles. The maximum atomic E-state index is 12.3. The first-order valence-electron chi connectivity index (χ1n) is 7.36. The van der Waals surface area contributed by atoms with E-state index in [1.54, 1.807) is 0 Å². The zero-order chi connectivity index (χ0) is 16.4. The lowest BCUT2D eigenvalue weighted by Gasteiger charge is -2.17. The highest BCUT2D eigenvalue weighted by Crippen LogP contribution is 2.23. The molecule has 1 aromatic rings. The fourth-order valence-corrected chi connectivity index (χ4v) is 4.47. The van der Waals surface area contributed by atoms with E-state index in [9.17, 15) is 16.8 Å². The molecular formula is C14H22N2O4S2. The molecule has 1 aromatic carbocycles. The normalized spacial score (nSPS) is 16.1. The second kappa shape index (κ2) is 6.66. The van der Waals surface area contributed by atoms with Crippen molar-refractivity contribution >= 4 is 20.0 Å². The Balaban J connectivity index is 2.17. The zero-order valence-electron chi connectivity index (χ0n) is 12.8. The number of nitrogens with zero attached hydrogens (tertiary/aromatic N) is 1. The molecule has 1 aliphatic rings. The summed E-state index contributed by atoms with van der Waals surface area (Å²) in [5.41, 5.74) is 0. The Bertz CT molecular complexity index is 708. The predicted molar refractivity (Wildman–Crippen MR) is 84.5 cm³/mol.